The molecule has 3 heterocycles. The number of aromatic nitrogens is 2. The molecule has 2 N–H and O–H groups in total. The number of amides is 1. The van der Waals surface area contributed by atoms with Gasteiger partial charge in [-0.25, -0.2) is 4.98 Å². The number of hydrogen-bond donors (Lipinski definition) is 2. The van der Waals surface area contributed by atoms with Crippen LogP contribution in [0.4, 0.5) is 0 Å². The molecule has 1 aromatic heterocycles. The Kier molecular flexibility index (Phi) is 4.72. The van der Waals surface area contributed by atoms with Crippen LogP contribution in [0, 0.1) is 0 Å². The number of carbonyl (C=O) groups is 1. The predicted octanol–water partition coefficient (Wildman–Crippen LogP) is 3.45. The topological polar surface area (TPSA) is 70.2 Å². The molecule has 0 radical (unpaired) electrons. The third-order valence-electron chi connectivity index (χ3n) is 6.10. The molecule has 0 spiro atoms. The van der Waals surface area contributed by atoms with E-state index in [1.807, 2.05) is 42.5 Å². The number of aromatic amines is 1. The van der Waals surface area contributed by atoms with Crippen LogP contribution in [0.3, 0.4) is 0 Å². The first kappa shape index (κ1) is 18.2. The number of H-pyrrole nitrogens is 1. The molecule has 2 aliphatic rings. The van der Waals surface area contributed by atoms with Crippen LogP contribution < -0.4 is 10.1 Å². The van der Waals surface area contributed by atoms with Crippen LogP contribution >= 0.6 is 0 Å². The molecule has 5 rings (SSSR count). The van der Waals surface area contributed by atoms with Crippen molar-refractivity contribution in [1.29, 1.82) is 0 Å². The summed E-state index contributed by atoms with van der Waals surface area (Å²) in [5, 5.41) is 3.25. The van der Waals surface area contributed by atoms with Crippen LogP contribution in [0.2, 0.25) is 0 Å². The highest BCUT2D eigenvalue weighted by Crippen LogP contribution is 2.30. The van der Waals surface area contributed by atoms with Crippen molar-refractivity contribution in [2.45, 2.75) is 37.8 Å². The minimum Gasteiger partial charge on any atom is -0.493 e. The molecule has 0 aliphatic carbocycles. The Hall–Kier alpha value is -2.86. The number of fused-ring (bicyclic) bond motifs is 2. The van der Waals surface area contributed by atoms with E-state index in [4.69, 9.17) is 9.72 Å². The molecule has 1 amide bonds. The summed E-state index contributed by atoms with van der Waals surface area (Å²) < 4.78 is 5.66. The Bertz CT molecular complexity index is 1010. The first-order valence-electron chi connectivity index (χ1n) is 10.4. The van der Waals surface area contributed by atoms with E-state index in [-0.39, 0.29) is 18.0 Å². The second-order valence-electron chi connectivity index (χ2n) is 8.10. The Balaban J connectivity index is 1.30. The first-order chi connectivity index (χ1) is 14.2. The Morgan fingerprint density at radius 2 is 2.17 bits per heavy atom. The molecular formula is C23H26N4O2. The maximum atomic E-state index is 12.9. The van der Waals surface area contributed by atoms with Crippen molar-refractivity contribution in [2.75, 3.05) is 20.2 Å². The third kappa shape index (κ3) is 3.60. The fraction of sp³-hybridized carbons (Fsp3) is 0.391. The van der Waals surface area contributed by atoms with Crippen LogP contribution in [0.25, 0.3) is 11.0 Å². The Morgan fingerprint density at radius 1 is 1.28 bits per heavy atom. The largest absolute Gasteiger partial charge is 0.493 e. The molecule has 6 nitrogen and oxygen atoms in total. The smallest absolute Gasteiger partial charge is 0.251 e. The van der Waals surface area contributed by atoms with Crippen LogP contribution in [0.15, 0.2) is 42.5 Å². The summed E-state index contributed by atoms with van der Waals surface area (Å²) in [4.78, 5) is 23.4. The zero-order valence-corrected chi connectivity index (χ0v) is 16.6. The number of likely N-dealkylation sites (tertiary alicyclic amines) is 1. The number of piperidine rings is 1. The highest BCUT2D eigenvalue weighted by atomic mass is 16.5. The number of para-hydroxylation sites is 2. The lowest BCUT2D eigenvalue weighted by atomic mass is 9.96. The van der Waals surface area contributed by atoms with Gasteiger partial charge in [-0.05, 0) is 68.6 Å². The molecule has 2 aliphatic heterocycles. The lowest BCUT2D eigenvalue weighted by molar-refractivity contribution is 0.0884. The van der Waals surface area contributed by atoms with Gasteiger partial charge in [-0.15, -0.1) is 0 Å². The summed E-state index contributed by atoms with van der Waals surface area (Å²) in [7, 11) is 2.12. The van der Waals surface area contributed by atoms with Gasteiger partial charge in [0, 0.05) is 18.2 Å². The van der Waals surface area contributed by atoms with E-state index in [0.29, 0.717) is 5.56 Å². The second kappa shape index (κ2) is 7.52. The molecule has 6 heteroatoms. The van der Waals surface area contributed by atoms with Gasteiger partial charge in [-0.3, -0.25) is 9.69 Å². The van der Waals surface area contributed by atoms with Crippen LogP contribution in [-0.2, 0) is 6.42 Å². The van der Waals surface area contributed by atoms with Crippen molar-refractivity contribution >= 4 is 16.9 Å². The minimum atomic E-state index is -0.00344. The fourth-order valence-electron chi connectivity index (χ4n) is 4.43. The van der Waals surface area contributed by atoms with Gasteiger partial charge in [0.1, 0.15) is 11.6 Å². The summed E-state index contributed by atoms with van der Waals surface area (Å²) in [5.41, 5.74) is 3.89. The predicted molar refractivity (Wildman–Crippen MR) is 112 cm³/mol. The normalized spacial score (nSPS) is 22.1. The number of imidazole rings is 1. The minimum absolute atomic E-state index is 0.00344. The standard InChI is InChI=1S/C23H26N4O2/c1-27-11-10-17(14-20(27)22-25-18-6-2-3-7-19(18)26-22)24-23(28)16-8-9-21-15(13-16)5-4-12-29-21/h2-3,6-9,13,17,20H,4-5,10-12,14H2,1H3,(H,24,28)(H,25,26)/t17-,20-/m1/s1. The third-order valence-corrected chi connectivity index (χ3v) is 6.10. The van der Waals surface area contributed by atoms with Crippen LogP contribution in [-0.4, -0.2) is 47.0 Å². The van der Waals surface area contributed by atoms with Crippen molar-refractivity contribution in [3.05, 3.63) is 59.4 Å². The lowest BCUT2D eigenvalue weighted by Gasteiger charge is -2.36. The molecule has 3 aromatic rings. The van der Waals surface area contributed by atoms with Gasteiger partial charge in [-0.1, -0.05) is 12.1 Å². The molecule has 1 fully saturated rings. The first-order valence-corrected chi connectivity index (χ1v) is 10.4. The molecule has 0 saturated carbocycles. The van der Waals surface area contributed by atoms with Gasteiger partial charge >= 0.3 is 0 Å². The Labute approximate surface area is 170 Å². The Morgan fingerprint density at radius 3 is 3.07 bits per heavy atom. The van der Waals surface area contributed by atoms with Crippen LogP contribution in [0.1, 0.15) is 47.1 Å². The van der Waals surface area contributed by atoms with Gasteiger partial charge in [-0.2, -0.15) is 0 Å². The quantitative estimate of drug-likeness (QED) is 0.719. The maximum Gasteiger partial charge on any atom is 0.251 e. The number of aryl methyl sites for hydroxylation is 1. The fourth-order valence-corrected chi connectivity index (χ4v) is 4.43. The van der Waals surface area contributed by atoms with E-state index in [0.717, 1.165) is 67.0 Å². The summed E-state index contributed by atoms with van der Waals surface area (Å²) in [6, 6.07) is 14.2. The molecular weight excluding hydrogens is 364 g/mol. The van der Waals surface area contributed by atoms with Gasteiger partial charge in [0.25, 0.3) is 5.91 Å². The molecule has 2 aromatic carbocycles. The van der Waals surface area contributed by atoms with Crippen molar-refractivity contribution in [3.8, 4) is 5.75 Å². The maximum absolute atomic E-state index is 12.9. The van der Waals surface area contributed by atoms with E-state index >= 15 is 0 Å². The highest BCUT2D eigenvalue weighted by Gasteiger charge is 2.30. The number of carbonyl (C=O) groups excluding carboxylic acids is 1. The average Bonchev–Trinajstić information content (AvgIpc) is 3.18. The number of rotatable bonds is 3. The molecule has 150 valence electrons. The summed E-state index contributed by atoms with van der Waals surface area (Å²) in [6.45, 7) is 1.68. The van der Waals surface area contributed by atoms with E-state index in [1.165, 1.54) is 0 Å². The lowest BCUT2D eigenvalue weighted by Crippen LogP contribution is -2.45. The van der Waals surface area contributed by atoms with E-state index in [1.54, 1.807) is 0 Å². The summed E-state index contributed by atoms with van der Waals surface area (Å²) in [5.74, 6) is 1.88. The zero-order chi connectivity index (χ0) is 19.8. The number of nitrogens with zero attached hydrogens (tertiary/aromatic N) is 2. The number of hydrogen-bond acceptors (Lipinski definition) is 4. The van der Waals surface area contributed by atoms with Crippen molar-refractivity contribution in [2.24, 2.45) is 0 Å². The second-order valence-corrected chi connectivity index (χ2v) is 8.10. The SMILES string of the molecule is CN1CC[C@@H](NC(=O)c2ccc3c(c2)CCCO3)C[C@@H]1c1nc2ccccc2[nH]1. The van der Waals surface area contributed by atoms with Crippen molar-refractivity contribution in [1.82, 2.24) is 20.2 Å². The molecule has 0 unspecified atom stereocenters. The van der Waals surface area contributed by atoms with Gasteiger partial charge in [0.15, 0.2) is 0 Å². The average molecular weight is 390 g/mol. The number of nitrogens with one attached hydrogen (secondary N) is 2. The van der Waals surface area contributed by atoms with Crippen LogP contribution in [0.5, 0.6) is 5.75 Å². The summed E-state index contributed by atoms with van der Waals surface area (Å²) >= 11 is 0. The van der Waals surface area contributed by atoms with Crippen molar-refractivity contribution < 1.29 is 9.53 Å². The van der Waals surface area contributed by atoms with Gasteiger partial charge in [0.05, 0.1) is 23.7 Å². The highest BCUT2D eigenvalue weighted by molar-refractivity contribution is 5.94. The van der Waals surface area contributed by atoms with E-state index in [2.05, 4.69) is 22.2 Å². The molecule has 0 bridgehead atoms. The van der Waals surface area contributed by atoms with Crippen molar-refractivity contribution in [3.63, 3.8) is 0 Å². The van der Waals surface area contributed by atoms with E-state index < -0.39 is 0 Å². The molecule has 29 heavy (non-hydrogen) atoms. The molecule has 1 saturated heterocycles. The zero-order valence-electron chi connectivity index (χ0n) is 16.6. The number of benzene rings is 2. The van der Waals surface area contributed by atoms with E-state index in [9.17, 15) is 4.79 Å². The van der Waals surface area contributed by atoms with Gasteiger partial charge < -0.3 is 15.0 Å². The monoisotopic (exact) mass is 390 g/mol. The number of ether oxygens (including phenoxy) is 1. The molecule has 2 atom stereocenters. The summed E-state index contributed by atoms with van der Waals surface area (Å²) in [6.07, 6.45) is 3.76. The van der Waals surface area contributed by atoms with Gasteiger partial charge in [0.2, 0.25) is 0 Å².